The molecule has 24 heavy (non-hydrogen) atoms. The van der Waals surface area contributed by atoms with Crippen LogP contribution in [0.1, 0.15) is 60.1 Å². The van der Waals surface area contributed by atoms with Crippen molar-refractivity contribution in [3.05, 3.63) is 33.2 Å². The Morgan fingerprint density at radius 2 is 1.88 bits per heavy atom. The quantitative estimate of drug-likeness (QED) is 0.773. The Hall–Kier alpha value is -1.62. The van der Waals surface area contributed by atoms with Crippen LogP contribution in [-0.2, 0) is 12.8 Å². The summed E-state index contributed by atoms with van der Waals surface area (Å²) in [7, 11) is 0. The van der Waals surface area contributed by atoms with Gasteiger partial charge in [-0.1, -0.05) is 6.42 Å². The van der Waals surface area contributed by atoms with Gasteiger partial charge in [-0.3, -0.25) is 9.59 Å². The van der Waals surface area contributed by atoms with Gasteiger partial charge in [0.25, 0.3) is 11.5 Å². The normalized spacial score (nSPS) is 23.1. The van der Waals surface area contributed by atoms with Gasteiger partial charge < -0.3 is 15.2 Å². The summed E-state index contributed by atoms with van der Waals surface area (Å²) >= 11 is 0. The lowest BCUT2D eigenvalue weighted by molar-refractivity contribution is 0.0606. The van der Waals surface area contributed by atoms with E-state index in [0.29, 0.717) is 11.0 Å². The third kappa shape index (κ3) is 2.90. The van der Waals surface area contributed by atoms with Crippen LogP contribution in [0.25, 0.3) is 0 Å². The molecular weight excluding hydrogens is 302 g/mol. The molecule has 4 rings (SSSR count). The van der Waals surface area contributed by atoms with Crippen molar-refractivity contribution in [1.29, 1.82) is 0 Å². The molecule has 5 heteroatoms. The number of rotatable bonds is 1. The molecule has 0 aromatic carbocycles. The number of nitrogens with one attached hydrogen (secondary N) is 2. The smallest absolute Gasteiger partial charge is 0.261 e. The maximum absolute atomic E-state index is 12.9. The average Bonchev–Trinajstić information content (AvgIpc) is 2.91. The van der Waals surface area contributed by atoms with Crippen molar-refractivity contribution >= 4 is 5.91 Å². The van der Waals surface area contributed by atoms with Crippen molar-refractivity contribution < 1.29 is 4.79 Å². The number of likely N-dealkylation sites (tertiary alicyclic amines) is 1. The van der Waals surface area contributed by atoms with Gasteiger partial charge in [-0.2, -0.15) is 0 Å². The molecule has 3 aliphatic rings. The molecule has 2 N–H and O–H groups in total. The number of nitrogens with zero attached hydrogens (tertiary/aromatic N) is 1. The largest absolute Gasteiger partial charge is 0.338 e. The molecule has 1 aliphatic carbocycles. The van der Waals surface area contributed by atoms with Crippen LogP contribution in [0.4, 0.5) is 0 Å². The Balaban J connectivity index is 1.52. The average molecular weight is 329 g/mol. The molecule has 130 valence electrons. The van der Waals surface area contributed by atoms with Crippen LogP contribution in [0.2, 0.25) is 0 Å². The van der Waals surface area contributed by atoms with Gasteiger partial charge in [-0.05, 0) is 68.5 Å². The van der Waals surface area contributed by atoms with E-state index in [9.17, 15) is 9.59 Å². The van der Waals surface area contributed by atoms with Crippen LogP contribution in [0, 0.1) is 5.41 Å². The first-order valence-corrected chi connectivity index (χ1v) is 9.42. The number of aromatic nitrogens is 1. The van der Waals surface area contributed by atoms with Gasteiger partial charge >= 0.3 is 0 Å². The van der Waals surface area contributed by atoms with E-state index >= 15 is 0 Å². The van der Waals surface area contributed by atoms with E-state index in [0.717, 1.165) is 70.4 Å². The topological polar surface area (TPSA) is 65.2 Å². The molecule has 0 atom stereocenters. The Bertz CT molecular complexity index is 678. The zero-order valence-electron chi connectivity index (χ0n) is 14.3. The van der Waals surface area contributed by atoms with Crippen molar-refractivity contribution in [3.63, 3.8) is 0 Å². The summed E-state index contributed by atoms with van der Waals surface area (Å²) in [6.45, 7) is 3.72. The van der Waals surface area contributed by atoms with E-state index in [1.807, 2.05) is 11.0 Å². The first-order valence-electron chi connectivity index (χ1n) is 9.42. The molecule has 3 heterocycles. The van der Waals surface area contributed by atoms with E-state index in [-0.39, 0.29) is 11.5 Å². The fourth-order valence-electron chi connectivity index (χ4n) is 4.59. The molecule has 0 unspecified atom stereocenters. The Morgan fingerprint density at radius 3 is 2.62 bits per heavy atom. The fraction of sp³-hybridized carbons (Fsp3) is 0.684. The van der Waals surface area contributed by atoms with Gasteiger partial charge in [-0.15, -0.1) is 0 Å². The molecule has 1 amide bonds. The predicted octanol–water partition coefficient (Wildman–Crippen LogP) is 1.86. The Kier molecular flexibility index (Phi) is 4.21. The molecule has 1 spiro atoms. The highest BCUT2D eigenvalue weighted by molar-refractivity contribution is 5.94. The molecule has 0 radical (unpaired) electrons. The number of H-pyrrole nitrogens is 1. The third-order valence-electron chi connectivity index (χ3n) is 6.26. The van der Waals surface area contributed by atoms with E-state index in [4.69, 9.17) is 0 Å². The van der Waals surface area contributed by atoms with Crippen LogP contribution in [0.5, 0.6) is 0 Å². The Morgan fingerprint density at radius 1 is 1.08 bits per heavy atom. The highest BCUT2D eigenvalue weighted by atomic mass is 16.2. The number of hydrogen-bond acceptors (Lipinski definition) is 3. The van der Waals surface area contributed by atoms with Crippen LogP contribution >= 0.6 is 0 Å². The number of fused-ring (bicyclic) bond motifs is 1. The summed E-state index contributed by atoms with van der Waals surface area (Å²) in [5.74, 6) is -0.0795. The minimum absolute atomic E-state index is 0.0795. The van der Waals surface area contributed by atoms with Crippen LogP contribution in [0.3, 0.4) is 0 Å². The fourth-order valence-corrected chi connectivity index (χ4v) is 4.59. The second-order valence-corrected chi connectivity index (χ2v) is 7.80. The van der Waals surface area contributed by atoms with Crippen molar-refractivity contribution in [2.24, 2.45) is 5.41 Å². The van der Waals surface area contributed by atoms with Crippen molar-refractivity contribution in [2.75, 3.05) is 26.2 Å². The summed E-state index contributed by atoms with van der Waals surface area (Å²) < 4.78 is 0. The van der Waals surface area contributed by atoms with Gasteiger partial charge in [0.1, 0.15) is 5.56 Å². The van der Waals surface area contributed by atoms with Crippen molar-refractivity contribution in [3.8, 4) is 0 Å². The first kappa shape index (κ1) is 15.9. The summed E-state index contributed by atoms with van der Waals surface area (Å²) in [6, 6.07) is 1.88. The summed E-state index contributed by atoms with van der Waals surface area (Å²) in [5, 5.41) is 3.45. The van der Waals surface area contributed by atoms with E-state index in [2.05, 4.69) is 10.3 Å². The number of carbonyl (C=O) groups excluding carboxylic acids is 1. The molecule has 1 aromatic heterocycles. The van der Waals surface area contributed by atoms with Gasteiger partial charge in [0.05, 0.1) is 0 Å². The lowest BCUT2D eigenvalue weighted by atomic mass is 9.78. The number of aromatic amines is 1. The third-order valence-corrected chi connectivity index (χ3v) is 6.26. The SMILES string of the molecule is O=C(c1cc2c([nH]c1=O)CCCCC2)N1CCC2(CCNC2)CC1. The van der Waals surface area contributed by atoms with E-state index in [1.54, 1.807) is 0 Å². The molecule has 2 aliphatic heterocycles. The number of hydrogen-bond donors (Lipinski definition) is 2. The minimum atomic E-state index is -0.205. The zero-order valence-corrected chi connectivity index (χ0v) is 14.3. The maximum Gasteiger partial charge on any atom is 0.261 e. The molecule has 0 bridgehead atoms. The molecule has 0 saturated carbocycles. The van der Waals surface area contributed by atoms with Gasteiger partial charge in [0, 0.05) is 25.3 Å². The zero-order chi connectivity index (χ0) is 16.6. The maximum atomic E-state index is 12.9. The summed E-state index contributed by atoms with van der Waals surface area (Å²) in [4.78, 5) is 30.2. The molecular formula is C19H27N3O2. The number of pyridine rings is 1. The molecule has 1 aromatic rings. The summed E-state index contributed by atoms with van der Waals surface area (Å²) in [6.07, 6.45) is 8.68. The second kappa shape index (κ2) is 6.36. The standard InChI is InChI=1S/C19H27N3O2/c23-17-15(12-14-4-2-1-3-5-16(14)21-17)18(24)22-10-7-19(8-11-22)6-9-20-13-19/h12,20H,1-11,13H2,(H,21,23). The number of carbonyl (C=O) groups is 1. The highest BCUT2D eigenvalue weighted by Gasteiger charge is 2.38. The molecule has 5 nitrogen and oxygen atoms in total. The first-order chi connectivity index (χ1) is 11.7. The predicted molar refractivity (Wildman–Crippen MR) is 93.4 cm³/mol. The van der Waals surface area contributed by atoms with E-state index in [1.165, 1.54) is 18.4 Å². The van der Waals surface area contributed by atoms with Crippen LogP contribution in [-0.4, -0.2) is 42.0 Å². The number of amides is 1. The lowest BCUT2D eigenvalue weighted by Gasteiger charge is -2.38. The lowest BCUT2D eigenvalue weighted by Crippen LogP contribution is -2.45. The number of aryl methyl sites for hydroxylation is 2. The van der Waals surface area contributed by atoms with Crippen LogP contribution < -0.4 is 10.9 Å². The minimum Gasteiger partial charge on any atom is -0.338 e. The summed E-state index contributed by atoms with van der Waals surface area (Å²) in [5.41, 5.74) is 2.74. The van der Waals surface area contributed by atoms with Crippen LogP contribution in [0.15, 0.2) is 10.9 Å². The van der Waals surface area contributed by atoms with Gasteiger partial charge in [-0.25, -0.2) is 0 Å². The number of piperidine rings is 1. The van der Waals surface area contributed by atoms with E-state index < -0.39 is 0 Å². The van der Waals surface area contributed by atoms with Crippen molar-refractivity contribution in [2.45, 2.75) is 51.4 Å². The molecule has 2 fully saturated rings. The molecule has 2 saturated heterocycles. The van der Waals surface area contributed by atoms with Gasteiger partial charge in [0.2, 0.25) is 0 Å². The van der Waals surface area contributed by atoms with Gasteiger partial charge in [0.15, 0.2) is 0 Å². The Labute approximate surface area is 142 Å². The second-order valence-electron chi connectivity index (χ2n) is 7.80. The van der Waals surface area contributed by atoms with Crippen molar-refractivity contribution in [1.82, 2.24) is 15.2 Å². The monoisotopic (exact) mass is 329 g/mol. The highest BCUT2D eigenvalue weighted by Crippen LogP contribution is 2.37.